The van der Waals surface area contributed by atoms with Gasteiger partial charge in [-0.05, 0) is 38.8 Å². The highest BCUT2D eigenvalue weighted by atomic mass is 16.5. The second kappa shape index (κ2) is 11.2. The molecular weight excluding hydrogens is 394 g/mol. The molecule has 3 amide bonds. The van der Waals surface area contributed by atoms with Gasteiger partial charge in [-0.1, -0.05) is 60.7 Å². The minimum atomic E-state index is -0.893. The van der Waals surface area contributed by atoms with Gasteiger partial charge in [0.15, 0.2) is 0 Å². The summed E-state index contributed by atoms with van der Waals surface area (Å²) in [7, 11) is 0. The SMILES string of the molecule is C[C@H](NC(=O)[C@H](Cc1ccccc1)NC(=O)OCc1ccccc1)C(=O)NC(C)(C)C. The fourth-order valence-electron chi connectivity index (χ4n) is 2.82. The minimum absolute atomic E-state index is 0.0940. The summed E-state index contributed by atoms with van der Waals surface area (Å²) in [6, 6.07) is 16.9. The van der Waals surface area contributed by atoms with Crippen molar-refractivity contribution in [2.24, 2.45) is 0 Å². The van der Waals surface area contributed by atoms with Crippen LogP contribution in [0, 0.1) is 0 Å². The molecule has 0 unspecified atom stereocenters. The Bertz CT molecular complexity index is 863. The predicted molar refractivity (Wildman–Crippen MR) is 119 cm³/mol. The van der Waals surface area contributed by atoms with Crippen molar-refractivity contribution in [1.82, 2.24) is 16.0 Å². The Morgan fingerprint density at radius 1 is 0.839 bits per heavy atom. The third-order valence-electron chi connectivity index (χ3n) is 4.35. The van der Waals surface area contributed by atoms with E-state index in [1.165, 1.54) is 0 Å². The molecule has 0 aromatic heterocycles. The lowest BCUT2D eigenvalue weighted by Gasteiger charge is -2.25. The first-order valence-corrected chi connectivity index (χ1v) is 10.3. The molecule has 7 nitrogen and oxygen atoms in total. The third kappa shape index (κ3) is 8.90. The van der Waals surface area contributed by atoms with Crippen LogP contribution >= 0.6 is 0 Å². The number of carbonyl (C=O) groups excluding carboxylic acids is 3. The largest absolute Gasteiger partial charge is 0.445 e. The topological polar surface area (TPSA) is 96.5 Å². The molecule has 7 heteroatoms. The normalized spacial score (nSPS) is 12.9. The lowest BCUT2D eigenvalue weighted by molar-refractivity contribution is -0.130. The zero-order chi connectivity index (χ0) is 22.9. The molecule has 0 fully saturated rings. The fraction of sp³-hybridized carbons (Fsp3) is 0.375. The van der Waals surface area contributed by atoms with Crippen LogP contribution in [0.4, 0.5) is 4.79 Å². The summed E-state index contributed by atoms with van der Waals surface area (Å²) in [6.07, 6.45) is -0.437. The van der Waals surface area contributed by atoms with Crippen LogP contribution in [0.1, 0.15) is 38.8 Å². The second-order valence-corrected chi connectivity index (χ2v) is 8.42. The summed E-state index contributed by atoms with van der Waals surface area (Å²) in [6.45, 7) is 7.29. The molecule has 166 valence electrons. The summed E-state index contributed by atoms with van der Waals surface area (Å²) < 4.78 is 5.26. The van der Waals surface area contributed by atoms with Crippen molar-refractivity contribution in [3.8, 4) is 0 Å². The maximum atomic E-state index is 12.9. The first-order chi connectivity index (χ1) is 14.6. The van der Waals surface area contributed by atoms with E-state index in [0.717, 1.165) is 11.1 Å². The van der Waals surface area contributed by atoms with Crippen LogP contribution in [-0.4, -0.2) is 35.5 Å². The van der Waals surface area contributed by atoms with Gasteiger partial charge >= 0.3 is 6.09 Å². The molecule has 0 aliphatic rings. The molecule has 3 N–H and O–H groups in total. The zero-order valence-electron chi connectivity index (χ0n) is 18.5. The van der Waals surface area contributed by atoms with Gasteiger partial charge in [-0.2, -0.15) is 0 Å². The standard InChI is InChI=1S/C24H31N3O4/c1-17(21(28)27-24(2,3)4)25-22(29)20(15-18-11-7-5-8-12-18)26-23(30)31-16-19-13-9-6-10-14-19/h5-14,17,20H,15-16H2,1-4H3,(H,25,29)(H,26,30)(H,27,28)/t17-,20-/m0/s1. The molecule has 0 saturated heterocycles. The number of nitrogens with one attached hydrogen (secondary N) is 3. The van der Waals surface area contributed by atoms with Gasteiger partial charge in [0.2, 0.25) is 11.8 Å². The van der Waals surface area contributed by atoms with Gasteiger partial charge in [-0.25, -0.2) is 4.79 Å². The van der Waals surface area contributed by atoms with Crippen LogP contribution < -0.4 is 16.0 Å². The molecule has 0 spiro atoms. The Labute approximate surface area is 183 Å². The third-order valence-corrected chi connectivity index (χ3v) is 4.35. The van der Waals surface area contributed by atoms with Crippen LogP contribution in [-0.2, 0) is 27.4 Å². The van der Waals surface area contributed by atoms with E-state index in [2.05, 4.69) is 16.0 Å². The van der Waals surface area contributed by atoms with Crippen LogP contribution in [0.15, 0.2) is 60.7 Å². The summed E-state index contributed by atoms with van der Waals surface area (Å²) in [5.41, 5.74) is 1.30. The van der Waals surface area contributed by atoms with Gasteiger partial charge in [0, 0.05) is 12.0 Å². The van der Waals surface area contributed by atoms with Crippen molar-refractivity contribution in [1.29, 1.82) is 0 Å². The Morgan fingerprint density at radius 3 is 1.94 bits per heavy atom. The highest BCUT2D eigenvalue weighted by molar-refractivity contribution is 5.91. The van der Waals surface area contributed by atoms with Crippen LogP contribution in [0.2, 0.25) is 0 Å². The first kappa shape index (κ1) is 23.9. The first-order valence-electron chi connectivity index (χ1n) is 10.3. The molecule has 0 aliphatic carbocycles. The molecule has 0 saturated carbocycles. The number of hydrogen-bond acceptors (Lipinski definition) is 4. The van der Waals surface area contributed by atoms with Gasteiger partial charge in [0.05, 0.1) is 0 Å². The molecule has 0 bridgehead atoms. The maximum Gasteiger partial charge on any atom is 0.408 e. The van der Waals surface area contributed by atoms with Crippen LogP contribution in [0.25, 0.3) is 0 Å². The lowest BCUT2D eigenvalue weighted by Crippen LogP contribution is -2.55. The lowest BCUT2D eigenvalue weighted by atomic mass is 10.0. The second-order valence-electron chi connectivity index (χ2n) is 8.42. The van der Waals surface area contributed by atoms with Gasteiger partial charge in [-0.15, -0.1) is 0 Å². The number of rotatable bonds is 8. The summed E-state index contributed by atoms with van der Waals surface area (Å²) in [4.78, 5) is 37.5. The zero-order valence-corrected chi connectivity index (χ0v) is 18.5. The number of amides is 3. The molecule has 0 radical (unpaired) electrons. The van der Waals surface area contributed by atoms with E-state index in [1.54, 1.807) is 6.92 Å². The van der Waals surface area contributed by atoms with Crippen LogP contribution in [0.3, 0.4) is 0 Å². The van der Waals surface area contributed by atoms with E-state index in [-0.39, 0.29) is 18.9 Å². The van der Waals surface area contributed by atoms with E-state index in [9.17, 15) is 14.4 Å². The van der Waals surface area contributed by atoms with Crippen molar-refractivity contribution < 1.29 is 19.1 Å². The van der Waals surface area contributed by atoms with E-state index in [1.807, 2.05) is 81.4 Å². The molecule has 31 heavy (non-hydrogen) atoms. The van der Waals surface area contributed by atoms with Gasteiger partial charge < -0.3 is 20.7 Å². The van der Waals surface area contributed by atoms with Gasteiger partial charge in [-0.3, -0.25) is 9.59 Å². The molecule has 2 aromatic carbocycles. The average molecular weight is 426 g/mol. The summed E-state index contributed by atoms with van der Waals surface area (Å²) in [5, 5.41) is 8.13. The van der Waals surface area contributed by atoms with E-state index in [0.29, 0.717) is 0 Å². The Kier molecular flexibility index (Phi) is 8.61. The predicted octanol–water partition coefficient (Wildman–Crippen LogP) is 2.94. The number of benzene rings is 2. The van der Waals surface area contributed by atoms with Crippen molar-refractivity contribution in [2.45, 2.75) is 58.3 Å². The monoisotopic (exact) mass is 425 g/mol. The quantitative estimate of drug-likeness (QED) is 0.606. The number of hydrogen-bond donors (Lipinski definition) is 3. The van der Waals surface area contributed by atoms with Gasteiger partial charge in [0.25, 0.3) is 0 Å². The Hall–Kier alpha value is -3.35. The molecule has 2 atom stereocenters. The smallest absolute Gasteiger partial charge is 0.408 e. The summed E-state index contributed by atoms with van der Waals surface area (Å²) >= 11 is 0. The molecule has 2 aromatic rings. The van der Waals surface area contributed by atoms with E-state index in [4.69, 9.17) is 4.74 Å². The fourth-order valence-corrected chi connectivity index (χ4v) is 2.82. The van der Waals surface area contributed by atoms with E-state index < -0.39 is 29.6 Å². The average Bonchev–Trinajstić information content (AvgIpc) is 2.72. The van der Waals surface area contributed by atoms with Crippen molar-refractivity contribution in [2.75, 3.05) is 0 Å². The maximum absolute atomic E-state index is 12.9. The Balaban J connectivity index is 2.02. The highest BCUT2D eigenvalue weighted by Crippen LogP contribution is 2.06. The van der Waals surface area contributed by atoms with E-state index >= 15 is 0 Å². The number of carbonyl (C=O) groups is 3. The Morgan fingerprint density at radius 2 is 1.39 bits per heavy atom. The van der Waals surface area contributed by atoms with Crippen molar-refractivity contribution >= 4 is 17.9 Å². The molecule has 0 aliphatic heterocycles. The molecular formula is C24H31N3O4. The minimum Gasteiger partial charge on any atom is -0.445 e. The highest BCUT2D eigenvalue weighted by Gasteiger charge is 2.26. The number of ether oxygens (including phenoxy) is 1. The summed E-state index contributed by atoms with van der Waals surface area (Å²) in [5.74, 6) is -0.761. The molecule has 2 rings (SSSR count). The molecule has 0 heterocycles. The number of alkyl carbamates (subject to hydrolysis) is 1. The van der Waals surface area contributed by atoms with Crippen LogP contribution in [0.5, 0.6) is 0 Å². The van der Waals surface area contributed by atoms with Gasteiger partial charge in [0.1, 0.15) is 18.7 Å². The van der Waals surface area contributed by atoms with Crippen molar-refractivity contribution in [3.05, 3.63) is 71.8 Å². The van der Waals surface area contributed by atoms with Crippen molar-refractivity contribution in [3.63, 3.8) is 0 Å².